The maximum Gasteiger partial charge on any atom is 0.306 e. The van der Waals surface area contributed by atoms with Crippen LogP contribution in [0, 0.1) is 17.7 Å². The summed E-state index contributed by atoms with van der Waals surface area (Å²) in [7, 11) is 1.53. The highest BCUT2D eigenvalue weighted by molar-refractivity contribution is 5.71. The standard InChI is InChI=1S/C34H41FN2O4/c1-6-37(20(2)3)19-26-15-24(11-13-27(26)28-17-32(40-5)36-18-29(28)35)30-14-12-22-7-10-25(16-31(22)41-30)33(23-8-9-23)21(4)34(38)39/h7,10-11,13,15-18,20-21,23,30,33H,6,8-9,12,14,19H2,1-5H3,(H,38,39)/t21-,30+,33?/m0/s1. The van der Waals surface area contributed by atoms with Gasteiger partial charge in [-0.05, 0) is 91.8 Å². The van der Waals surface area contributed by atoms with Crippen molar-refractivity contribution in [1.82, 2.24) is 9.88 Å². The van der Waals surface area contributed by atoms with Crippen LogP contribution in [-0.4, -0.2) is 40.7 Å². The van der Waals surface area contributed by atoms with Gasteiger partial charge in [0.25, 0.3) is 0 Å². The third kappa shape index (κ3) is 6.25. The van der Waals surface area contributed by atoms with Gasteiger partial charge in [0.05, 0.1) is 19.2 Å². The normalized spacial score (nSPS) is 18.1. The Morgan fingerprint density at radius 3 is 2.56 bits per heavy atom. The van der Waals surface area contributed by atoms with E-state index in [0.717, 1.165) is 65.8 Å². The van der Waals surface area contributed by atoms with Crippen LogP contribution in [0.1, 0.15) is 81.2 Å². The fourth-order valence-electron chi connectivity index (χ4n) is 6.23. The van der Waals surface area contributed by atoms with E-state index in [1.54, 1.807) is 6.07 Å². The Kier molecular flexibility index (Phi) is 8.64. The van der Waals surface area contributed by atoms with Gasteiger partial charge in [0, 0.05) is 24.2 Å². The Morgan fingerprint density at radius 2 is 1.90 bits per heavy atom. The number of hydrogen-bond acceptors (Lipinski definition) is 5. The zero-order valence-electron chi connectivity index (χ0n) is 24.7. The number of benzene rings is 2. The molecule has 1 aliphatic heterocycles. The molecule has 1 N–H and O–H groups in total. The quantitative estimate of drug-likeness (QED) is 0.263. The lowest BCUT2D eigenvalue weighted by molar-refractivity contribution is -0.142. The Bertz CT molecular complexity index is 1400. The van der Waals surface area contributed by atoms with Crippen molar-refractivity contribution in [3.8, 4) is 22.8 Å². The van der Waals surface area contributed by atoms with E-state index >= 15 is 4.39 Å². The molecular weight excluding hydrogens is 519 g/mol. The van der Waals surface area contributed by atoms with Gasteiger partial charge < -0.3 is 14.6 Å². The second-order valence-corrected chi connectivity index (χ2v) is 11.8. The van der Waals surface area contributed by atoms with E-state index in [1.807, 2.05) is 19.1 Å². The fourth-order valence-corrected chi connectivity index (χ4v) is 6.23. The number of pyridine rings is 1. The SMILES string of the molecule is CCN(Cc1cc([C@H]2CCc3ccc(C(C4CC4)[C@H](C)C(=O)O)cc3O2)ccc1-c1cc(OC)ncc1F)C(C)C. The first-order chi connectivity index (χ1) is 19.7. The lowest BCUT2D eigenvalue weighted by atomic mass is 9.82. The van der Waals surface area contributed by atoms with Crippen LogP contribution in [0.15, 0.2) is 48.7 Å². The summed E-state index contributed by atoms with van der Waals surface area (Å²) in [5, 5.41) is 9.74. The van der Waals surface area contributed by atoms with Crippen LogP contribution in [0.25, 0.3) is 11.1 Å². The highest BCUT2D eigenvalue weighted by Crippen LogP contribution is 2.48. The van der Waals surface area contributed by atoms with Crippen LogP contribution >= 0.6 is 0 Å². The fraction of sp³-hybridized carbons (Fsp3) is 0.471. The zero-order chi connectivity index (χ0) is 29.3. The molecule has 2 aliphatic rings. The first kappa shape index (κ1) is 29.1. The molecule has 6 nitrogen and oxygen atoms in total. The number of carboxylic acids is 1. The predicted molar refractivity (Wildman–Crippen MR) is 158 cm³/mol. The monoisotopic (exact) mass is 560 g/mol. The number of aryl methyl sites for hydroxylation is 1. The molecule has 0 spiro atoms. The third-order valence-corrected chi connectivity index (χ3v) is 8.82. The summed E-state index contributed by atoms with van der Waals surface area (Å²) >= 11 is 0. The molecule has 0 radical (unpaired) electrons. The van der Waals surface area contributed by atoms with Gasteiger partial charge in [-0.2, -0.15) is 0 Å². The van der Waals surface area contributed by atoms with Crippen molar-refractivity contribution in [3.05, 3.63) is 76.7 Å². The highest BCUT2D eigenvalue weighted by Gasteiger charge is 2.39. The van der Waals surface area contributed by atoms with Crippen molar-refractivity contribution < 1.29 is 23.8 Å². The van der Waals surface area contributed by atoms with Crippen LogP contribution in [0.3, 0.4) is 0 Å². The molecule has 218 valence electrons. The summed E-state index contributed by atoms with van der Waals surface area (Å²) in [4.78, 5) is 18.2. The van der Waals surface area contributed by atoms with E-state index in [2.05, 4.69) is 54.9 Å². The van der Waals surface area contributed by atoms with Gasteiger partial charge in [-0.15, -0.1) is 0 Å². The number of aliphatic carboxylic acids is 1. The number of ether oxygens (including phenoxy) is 2. The van der Waals surface area contributed by atoms with E-state index in [-0.39, 0.29) is 17.8 Å². The molecule has 1 saturated carbocycles. The maximum atomic E-state index is 15.0. The summed E-state index contributed by atoms with van der Waals surface area (Å²) in [6.45, 7) is 9.83. The number of hydrogen-bond donors (Lipinski definition) is 1. The van der Waals surface area contributed by atoms with Gasteiger partial charge >= 0.3 is 5.97 Å². The molecular formula is C34H41FN2O4. The average Bonchev–Trinajstić information content (AvgIpc) is 3.81. The predicted octanol–water partition coefficient (Wildman–Crippen LogP) is 7.41. The van der Waals surface area contributed by atoms with Crippen molar-refractivity contribution in [1.29, 1.82) is 0 Å². The number of carbonyl (C=O) groups is 1. The Balaban J connectivity index is 1.48. The average molecular weight is 561 g/mol. The minimum Gasteiger partial charge on any atom is -0.485 e. The Morgan fingerprint density at radius 1 is 1.12 bits per heavy atom. The minimum absolute atomic E-state index is 0.00373. The summed E-state index contributed by atoms with van der Waals surface area (Å²) in [6.07, 6.45) is 4.93. The van der Waals surface area contributed by atoms with Crippen LogP contribution in [0.4, 0.5) is 4.39 Å². The second-order valence-electron chi connectivity index (χ2n) is 11.8. The molecule has 0 amide bonds. The van der Waals surface area contributed by atoms with Gasteiger partial charge in [0.2, 0.25) is 5.88 Å². The number of halogens is 1. The van der Waals surface area contributed by atoms with Gasteiger partial charge in [-0.1, -0.05) is 44.2 Å². The van der Waals surface area contributed by atoms with E-state index in [9.17, 15) is 9.90 Å². The number of carboxylic acid groups (broad SMARTS) is 1. The first-order valence-electron chi connectivity index (χ1n) is 14.8. The number of fused-ring (bicyclic) bond motifs is 1. The molecule has 1 aromatic heterocycles. The summed E-state index contributed by atoms with van der Waals surface area (Å²) in [5.74, 6) is 0.0525. The van der Waals surface area contributed by atoms with Gasteiger partial charge in [-0.3, -0.25) is 9.69 Å². The molecule has 1 unspecified atom stereocenters. The molecule has 7 heteroatoms. The number of nitrogens with zero attached hydrogens (tertiary/aromatic N) is 2. The molecule has 0 bridgehead atoms. The van der Waals surface area contributed by atoms with Gasteiger partial charge in [-0.25, -0.2) is 9.37 Å². The van der Waals surface area contributed by atoms with Crippen molar-refractivity contribution in [2.45, 2.75) is 78.0 Å². The summed E-state index contributed by atoms with van der Waals surface area (Å²) in [5.41, 5.74) is 5.57. The van der Waals surface area contributed by atoms with Crippen LogP contribution < -0.4 is 9.47 Å². The lowest BCUT2D eigenvalue weighted by Gasteiger charge is -2.30. The number of rotatable bonds is 11. The number of aromatic nitrogens is 1. The molecule has 3 aromatic rings. The first-order valence-corrected chi connectivity index (χ1v) is 14.8. The lowest BCUT2D eigenvalue weighted by Crippen LogP contribution is -2.30. The van der Waals surface area contributed by atoms with Crippen molar-refractivity contribution >= 4 is 5.97 Å². The largest absolute Gasteiger partial charge is 0.485 e. The molecule has 41 heavy (non-hydrogen) atoms. The van der Waals surface area contributed by atoms with Crippen LogP contribution in [0.2, 0.25) is 0 Å². The third-order valence-electron chi connectivity index (χ3n) is 8.82. The minimum atomic E-state index is -0.753. The highest BCUT2D eigenvalue weighted by atomic mass is 19.1. The van der Waals surface area contributed by atoms with Crippen LogP contribution in [0.5, 0.6) is 11.6 Å². The van der Waals surface area contributed by atoms with Gasteiger partial charge in [0.15, 0.2) is 0 Å². The Labute approximate surface area is 242 Å². The molecule has 1 fully saturated rings. The smallest absolute Gasteiger partial charge is 0.306 e. The summed E-state index contributed by atoms with van der Waals surface area (Å²) < 4.78 is 27.0. The second kappa shape index (κ2) is 12.2. The topological polar surface area (TPSA) is 71.9 Å². The summed E-state index contributed by atoms with van der Waals surface area (Å²) in [6, 6.07) is 14.5. The molecule has 1 aliphatic carbocycles. The maximum absolute atomic E-state index is 15.0. The van der Waals surface area contributed by atoms with E-state index in [1.165, 1.54) is 13.3 Å². The molecule has 0 saturated heterocycles. The molecule has 5 rings (SSSR count). The van der Waals surface area contributed by atoms with Gasteiger partial charge in [0.1, 0.15) is 17.7 Å². The Hall–Kier alpha value is -3.45. The zero-order valence-corrected chi connectivity index (χ0v) is 24.7. The van der Waals surface area contributed by atoms with Crippen molar-refractivity contribution in [3.63, 3.8) is 0 Å². The van der Waals surface area contributed by atoms with Crippen molar-refractivity contribution in [2.24, 2.45) is 11.8 Å². The van der Waals surface area contributed by atoms with Crippen molar-refractivity contribution in [2.75, 3.05) is 13.7 Å². The molecule has 2 aromatic carbocycles. The van der Waals surface area contributed by atoms with E-state index in [4.69, 9.17) is 9.47 Å². The van der Waals surface area contributed by atoms with Crippen LogP contribution in [-0.2, 0) is 17.8 Å². The molecule has 3 atom stereocenters. The molecule has 2 heterocycles. The van der Waals surface area contributed by atoms with E-state index < -0.39 is 11.9 Å². The number of methoxy groups -OCH3 is 1. The van der Waals surface area contributed by atoms with E-state index in [0.29, 0.717) is 29.9 Å².